The van der Waals surface area contributed by atoms with Crippen molar-refractivity contribution in [1.29, 1.82) is 0 Å². The Balaban J connectivity index is 0. The van der Waals surface area contributed by atoms with Gasteiger partial charge in [0.1, 0.15) is 0 Å². The average molecular weight is 156 g/mol. The number of esters is 1. The second kappa shape index (κ2) is 9.43. The van der Waals surface area contributed by atoms with Gasteiger partial charge in [-0.15, -0.1) is 0 Å². The number of carbonyl (C=O) groups excluding carboxylic acids is 1. The molecule has 0 aliphatic rings. The average Bonchev–Trinajstić information content (AvgIpc) is 1.80. The van der Waals surface area contributed by atoms with E-state index >= 15 is 0 Å². The normalized spacial score (nSPS) is 8.20. The van der Waals surface area contributed by atoms with E-state index in [1.54, 1.807) is 0 Å². The van der Waals surface area contributed by atoms with Gasteiger partial charge in [0.05, 0.1) is 6.61 Å². The van der Waals surface area contributed by atoms with E-state index in [2.05, 4.69) is 4.74 Å². The topological polar surface area (TPSA) is 46.5 Å². The van der Waals surface area contributed by atoms with Crippen molar-refractivity contribution < 1.29 is 14.6 Å². The Bertz CT molecular complexity index is 85.1. The minimum absolute atomic E-state index is 0. The van der Waals surface area contributed by atoms with Crippen LogP contribution in [-0.4, -0.2) is 53.8 Å². The second-order valence-corrected chi connectivity index (χ2v) is 1.77. The van der Waals surface area contributed by atoms with Crippen molar-refractivity contribution in [1.82, 2.24) is 0 Å². The first kappa shape index (κ1) is 13.1. The van der Waals surface area contributed by atoms with E-state index < -0.39 is 0 Å². The third-order valence-electron chi connectivity index (χ3n) is 0.858. The monoisotopic (exact) mass is 156 g/mol. The molecule has 10 heavy (non-hydrogen) atoms. The number of aliphatic hydroxyl groups is 1. The van der Waals surface area contributed by atoms with Gasteiger partial charge in [-0.3, -0.25) is 4.79 Å². The van der Waals surface area contributed by atoms with Crippen LogP contribution in [0, 0.1) is 0 Å². The van der Waals surface area contributed by atoms with Gasteiger partial charge in [0.2, 0.25) is 0 Å². The summed E-state index contributed by atoms with van der Waals surface area (Å²) in [6.07, 6.45) is 1.45. The van der Waals surface area contributed by atoms with E-state index in [1.165, 1.54) is 6.92 Å². The molecule has 0 heterocycles. The Morgan fingerprint density at radius 3 is 2.50 bits per heavy atom. The van der Waals surface area contributed by atoms with Gasteiger partial charge in [-0.2, -0.15) is 0 Å². The second-order valence-electron chi connectivity index (χ2n) is 1.77. The summed E-state index contributed by atoms with van der Waals surface area (Å²) in [6.45, 7) is 1.97. The van der Waals surface area contributed by atoms with Crippen molar-refractivity contribution in [3.05, 3.63) is 0 Å². The van der Waals surface area contributed by atoms with E-state index in [9.17, 15) is 4.79 Å². The molecule has 0 spiro atoms. The van der Waals surface area contributed by atoms with Crippen molar-refractivity contribution >= 4 is 35.5 Å². The van der Waals surface area contributed by atoms with Crippen LogP contribution in [0.2, 0.25) is 0 Å². The molecule has 0 aliphatic carbocycles. The van der Waals surface area contributed by atoms with Gasteiger partial charge in [0.15, 0.2) is 0 Å². The maximum atomic E-state index is 10.1. The van der Waals surface area contributed by atoms with Crippen LogP contribution < -0.4 is 0 Å². The van der Waals surface area contributed by atoms with Crippen LogP contribution in [-0.2, 0) is 9.53 Å². The molecule has 56 valence electrons. The number of hydrogen-bond acceptors (Lipinski definition) is 3. The zero-order chi connectivity index (χ0) is 7.11. The number of hydrogen-bond donors (Lipinski definition) is 1. The molecule has 0 saturated carbocycles. The van der Waals surface area contributed by atoms with Gasteiger partial charge in [-0.25, -0.2) is 0 Å². The molecule has 0 aromatic carbocycles. The van der Waals surface area contributed by atoms with E-state index in [0.29, 0.717) is 13.0 Å². The van der Waals surface area contributed by atoms with Crippen molar-refractivity contribution in [2.45, 2.75) is 19.8 Å². The zero-order valence-corrected chi connectivity index (χ0v) is 5.59. The summed E-state index contributed by atoms with van der Waals surface area (Å²) < 4.78 is 4.59. The number of rotatable bonds is 4. The van der Waals surface area contributed by atoms with Gasteiger partial charge in [0.25, 0.3) is 0 Å². The van der Waals surface area contributed by atoms with Crippen LogP contribution in [0.5, 0.6) is 0 Å². The predicted octanol–water partition coefficient (Wildman–Crippen LogP) is -0.326. The maximum absolute atomic E-state index is 10.1. The molecule has 0 aromatic heterocycles. The van der Waals surface area contributed by atoms with Gasteiger partial charge in [0, 0.05) is 13.5 Å². The third kappa shape index (κ3) is 11.3. The molecular weight excluding hydrogens is 143 g/mol. The summed E-state index contributed by atoms with van der Waals surface area (Å²) in [5.74, 6) is -0.257. The molecule has 0 amide bonds. The summed E-state index contributed by atoms with van der Waals surface area (Å²) in [7, 11) is 0. The Morgan fingerprint density at radius 1 is 1.50 bits per heavy atom. The first-order chi connectivity index (χ1) is 4.27. The summed E-state index contributed by atoms with van der Waals surface area (Å²) in [6, 6.07) is 0. The van der Waals surface area contributed by atoms with Gasteiger partial charge >= 0.3 is 35.5 Å². The summed E-state index contributed by atoms with van der Waals surface area (Å²) in [4.78, 5) is 10.1. The number of unbranched alkanes of at least 4 members (excludes halogenated alkanes) is 1. The van der Waals surface area contributed by atoms with Crippen LogP contribution >= 0.6 is 0 Å². The molecular formula is C6H13NaO3. The van der Waals surface area contributed by atoms with Crippen LogP contribution in [0.15, 0.2) is 0 Å². The molecule has 0 saturated heterocycles. The van der Waals surface area contributed by atoms with Crippen LogP contribution in [0.25, 0.3) is 0 Å². The molecule has 1 N–H and O–H groups in total. The van der Waals surface area contributed by atoms with Crippen molar-refractivity contribution in [3.63, 3.8) is 0 Å². The number of ether oxygens (including phenoxy) is 1. The molecule has 0 unspecified atom stereocenters. The SMILES string of the molecule is CC(=O)OCCCCO.[NaH]. The third-order valence-corrected chi connectivity index (χ3v) is 0.858. The molecule has 0 radical (unpaired) electrons. The fraction of sp³-hybridized carbons (Fsp3) is 0.833. The fourth-order valence-corrected chi connectivity index (χ4v) is 0.430. The van der Waals surface area contributed by atoms with Crippen molar-refractivity contribution in [3.8, 4) is 0 Å². The Labute approximate surface area is 83.0 Å². The van der Waals surface area contributed by atoms with Gasteiger partial charge in [-0.05, 0) is 12.8 Å². The Hall–Kier alpha value is 0.430. The van der Waals surface area contributed by atoms with E-state index in [1.807, 2.05) is 0 Å². The number of aliphatic hydroxyl groups excluding tert-OH is 1. The minimum atomic E-state index is -0.257. The number of carbonyl (C=O) groups is 1. The Morgan fingerprint density at radius 2 is 2.10 bits per heavy atom. The first-order valence-electron chi connectivity index (χ1n) is 3.01. The van der Waals surface area contributed by atoms with Crippen LogP contribution in [0.4, 0.5) is 0 Å². The van der Waals surface area contributed by atoms with E-state index in [-0.39, 0.29) is 42.1 Å². The molecule has 4 heteroatoms. The predicted molar refractivity (Wildman–Crippen MR) is 40.1 cm³/mol. The quantitative estimate of drug-likeness (QED) is 0.344. The summed E-state index contributed by atoms with van der Waals surface area (Å²) in [5, 5.41) is 8.29. The molecule has 0 aliphatic heterocycles. The van der Waals surface area contributed by atoms with Gasteiger partial charge < -0.3 is 9.84 Å². The molecule has 0 aromatic rings. The summed E-state index contributed by atoms with van der Waals surface area (Å²) in [5.41, 5.74) is 0. The van der Waals surface area contributed by atoms with Crippen molar-refractivity contribution in [2.24, 2.45) is 0 Å². The standard InChI is InChI=1S/C6H12O3.Na.H/c1-6(8)9-5-3-2-4-7;;/h7H,2-5H2,1H3;;. The zero-order valence-electron chi connectivity index (χ0n) is 5.59. The van der Waals surface area contributed by atoms with E-state index in [4.69, 9.17) is 5.11 Å². The van der Waals surface area contributed by atoms with Gasteiger partial charge in [-0.1, -0.05) is 0 Å². The first-order valence-corrected chi connectivity index (χ1v) is 3.01. The Kier molecular flexibility index (Phi) is 12.3. The van der Waals surface area contributed by atoms with E-state index in [0.717, 1.165) is 6.42 Å². The molecule has 0 fully saturated rings. The van der Waals surface area contributed by atoms with Crippen LogP contribution in [0.1, 0.15) is 19.8 Å². The fourth-order valence-electron chi connectivity index (χ4n) is 0.430. The molecule has 3 nitrogen and oxygen atoms in total. The van der Waals surface area contributed by atoms with Crippen molar-refractivity contribution in [2.75, 3.05) is 13.2 Å². The molecule has 0 atom stereocenters. The molecule has 0 bridgehead atoms. The van der Waals surface area contributed by atoms with Crippen LogP contribution in [0.3, 0.4) is 0 Å². The summed E-state index contributed by atoms with van der Waals surface area (Å²) >= 11 is 0. The molecule has 0 rings (SSSR count).